The maximum absolute atomic E-state index is 12.2. The second-order valence-corrected chi connectivity index (χ2v) is 5.60. The zero-order valence-electron chi connectivity index (χ0n) is 12.1. The molecule has 1 aromatic heterocycles. The van der Waals surface area contributed by atoms with Gasteiger partial charge in [-0.3, -0.25) is 9.59 Å². The zero-order chi connectivity index (χ0) is 15.3. The number of rotatable bonds is 1. The molecule has 0 unspecified atom stereocenters. The van der Waals surface area contributed by atoms with Crippen LogP contribution in [0.25, 0.3) is 21.9 Å². The highest BCUT2D eigenvalue weighted by molar-refractivity contribution is 6.01. The van der Waals surface area contributed by atoms with Crippen molar-refractivity contribution >= 4 is 22.4 Å². The summed E-state index contributed by atoms with van der Waals surface area (Å²) in [6.07, 6.45) is 2.28. The first-order chi connectivity index (χ1) is 10.6. The maximum atomic E-state index is 12.2. The van der Waals surface area contributed by atoms with E-state index in [9.17, 15) is 9.59 Å². The number of pyridine rings is 1. The zero-order valence-corrected chi connectivity index (χ0v) is 12.1. The second-order valence-electron chi connectivity index (χ2n) is 5.60. The van der Waals surface area contributed by atoms with Crippen molar-refractivity contribution in [3.63, 3.8) is 0 Å². The summed E-state index contributed by atoms with van der Waals surface area (Å²) in [5, 5.41) is 4.50. The Morgan fingerprint density at radius 3 is 2.64 bits per heavy atom. The van der Waals surface area contributed by atoms with E-state index >= 15 is 0 Å². The second kappa shape index (κ2) is 4.56. The fourth-order valence-corrected chi connectivity index (χ4v) is 3.03. The SMILES string of the molecule is Cn1cc(-c2ccc3c(c2)NC(=O)C3)c2ccccc2c1=O. The lowest BCUT2D eigenvalue weighted by Crippen LogP contribution is -2.16. The van der Waals surface area contributed by atoms with Crippen molar-refractivity contribution in [3.05, 3.63) is 64.6 Å². The monoisotopic (exact) mass is 290 g/mol. The highest BCUT2D eigenvalue weighted by Crippen LogP contribution is 2.32. The van der Waals surface area contributed by atoms with Gasteiger partial charge in [0.05, 0.1) is 6.42 Å². The molecular weight excluding hydrogens is 276 g/mol. The van der Waals surface area contributed by atoms with Crippen LogP contribution in [0.4, 0.5) is 5.69 Å². The van der Waals surface area contributed by atoms with Crippen LogP contribution in [-0.4, -0.2) is 10.5 Å². The summed E-state index contributed by atoms with van der Waals surface area (Å²) in [6, 6.07) is 13.6. The molecule has 1 aliphatic rings. The lowest BCUT2D eigenvalue weighted by Gasteiger charge is -2.10. The third kappa shape index (κ3) is 1.84. The number of carbonyl (C=O) groups excluding carboxylic acids is 1. The standard InChI is InChI=1S/C18H14N2O2/c1-20-10-15(13-4-2-3-5-14(13)18(20)22)11-6-7-12-9-17(21)19-16(12)8-11/h2-8,10H,9H2,1H3,(H,19,21). The third-order valence-corrected chi connectivity index (χ3v) is 4.14. The van der Waals surface area contributed by atoms with Crippen molar-refractivity contribution in [2.24, 2.45) is 7.05 Å². The largest absolute Gasteiger partial charge is 0.326 e. The van der Waals surface area contributed by atoms with Crippen molar-refractivity contribution in [2.75, 3.05) is 5.32 Å². The van der Waals surface area contributed by atoms with E-state index in [0.717, 1.165) is 27.8 Å². The van der Waals surface area contributed by atoms with Gasteiger partial charge in [-0.25, -0.2) is 0 Å². The van der Waals surface area contributed by atoms with E-state index in [4.69, 9.17) is 0 Å². The number of anilines is 1. The first-order valence-electron chi connectivity index (χ1n) is 7.15. The van der Waals surface area contributed by atoms with Gasteiger partial charge in [0.25, 0.3) is 5.56 Å². The molecule has 0 bridgehead atoms. The summed E-state index contributed by atoms with van der Waals surface area (Å²) in [6.45, 7) is 0. The Labute approximate surface area is 127 Å². The first kappa shape index (κ1) is 12.8. The van der Waals surface area contributed by atoms with Gasteiger partial charge in [-0.15, -0.1) is 0 Å². The first-order valence-corrected chi connectivity index (χ1v) is 7.15. The van der Waals surface area contributed by atoms with E-state index in [1.165, 1.54) is 0 Å². The number of fused-ring (bicyclic) bond motifs is 2. The Hall–Kier alpha value is -2.88. The molecule has 4 nitrogen and oxygen atoms in total. The van der Waals surface area contributed by atoms with Gasteiger partial charge in [-0.2, -0.15) is 0 Å². The van der Waals surface area contributed by atoms with Crippen LogP contribution in [0, 0.1) is 0 Å². The van der Waals surface area contributed by atoms with Gasteiger partial charge in [0.1, 0.15) is 0 Å². The average Bonchev–Trinajstić information content (AvgIpc) is 2.90. The molecule has 0 spiro atoms. The quantitative estimate of drug-likeness (QED) is 0.749. The molecule has 108 valence electrons. The van der Waals surface area contributed by atoms with Crippen LogP contribution in [0.5, 0.6) is 0 Å². The lowest BCUT2D eigenvalue weighted by atomic mass is 9.99. The number of hydrogen-bond donors (Lipinski definition) is 1. The summed E-state index contributed by atoms with van der Waals surface area (Å²) in [4.78, 5) is 23.8. The molecule has 0 saturated heterocycles. The number of nitrogens with zero attached hydrogens (tertiary/aromatic N) is 1. The van der Waals surface area contributed by atoms with E-state index in [0.29, 0.717) is 11.8 Å². The van der Waals surface area contributed by atoms with Gasteiger partial charge >= 0.3 is 0 Å². The molecule has 1 N–H and O–H groups in total. The Morgan fingerprint density at radius 1 is 1.05 bits per heavy atom. The van der Waals surface area contributed by atoms with Crippen molar-refractivity contribution in [1.82, 2.24) is 4.57 Å². The highest BCUT2D eigenvalue weighted by atomic mass is 16.1. The van der Waals surface area contributed by atoms with E-state index < -0.39 is 0 Å². The summed E-state index contributed by atoms with van der Waals surface area (Å²) < 4.78 is 1.60. The average molecular weight is 290 g/mol. The summed E-state index contributed by atoms with van der Waals surface area (Å²) in [5.41, 5.74) is 3.85. The molecule has 0 fully saturated rings. The van der Waals surface area contributed by atoms with Crippen molar-refractivity contribution in [3.8, 4) is 11.1 Å². The molecule has 22 heavy (non-hydrogen) atoms. The van der Waals surface area contributed by atoms with Gasteiger partial charge < -0.3 is 9.88 Å². The Bertz CT molecular complexity index is 986. The number of nitrogens with one attached hydrogen (secondary N) is 1. The highest BCUT2D eigenvalue weighted by Gasteiger charge is 2.18. The van der Waals surface area contributed by atoms with Crippen LogP contribution in [-0.2, 0) is 18.3 Å². The van der Waals surface area contributed by atoms with E-state index in [-0.39, 0.29) is 11.5 Å². The van der Waals surface area contributed by atoms with Crippen LogP contribution in [0.2, 0.25) is 0 Å². The molecule has 0 radical (unpaired) electrons. The van der Waals surface area contributed by atoms with Crippen molar-refractivity contribution < 1.29 is 4.79 Å². The number of amides is 1. The van der Waals surface area contributed by atoms with Crippen molar-refractivity contribution in [2.45, 2.75) is 6.42 Å². The van der Waals surface area contributed by atoms with Crippen LogP contribution in [0.1, 0.15) is 5.56 Å². The molecular formula is C18H14N2O2. The number of aromatic nitrogens is 1. The number of benzene rings is 2. The molecule has 4 rings (SSSR count). The molecule has 2 heterocycles. The van der Waals surface area contributed by atoms with Gasteiger partial charge in [-0.1, -0.05) is 30.3 Å². The molecule has 1 aliphatic heterocycles. The molecule has 0 atom stereocenters. The minimum absolute atomic E-state index is 0.00573. The number of hydrogen-bond acceptors (Lipinski definition) is 2. The maximum Gasteiger partial charge on any atom is 0.258 e. The normalized spacial score (nSPS) is 13.2. The van der Waals surface area contributed by atoms with Crippen LogP contribution in [0.15, 0.2) is 53.5 Å². The minimum Gasteiger partial charge on any atom is -0.326 e. The number of aryl methyl sites for hydroxylation is 1. The number of carbonyl (C=O) groups is 1. The van der Waals surface area contributed by atoms with E-state index in [2.05, 4.69) is 5.32 Å². The van der Waals surface area contributed by atoms with Crippen molar-refractivity contribution in [1.29, 1.82) is 0 Å². The van der Waals surface area contributed by atoms with Crippen LogP contribution < -0.4 is 10.9 Å². The fourth-order valence-electron chi connectivity index (χ4n) is 3.03. The predicted molar refractivity (Wildman–Crippen MR) is 87.0 cm³/mol. The molecule has 0 aliphatic carbocycles. The Kier molecular flexibility index (Phi) is 2.66. The van der Waals surface area contributed by atoms with E-state index in [1.807, 2.05) is 48.7 Å². The summed E-state index contributed by atoms with van der Waals surface area (Å²) in [7, 11) is 1.76. The Balaban J connectivity index is 2.00. The van der Waals surface area contributed by atoms with Gasteiger partial charge in [0.2, 0.25) is 5.91 Å². The minimum atomic E-state index is -0.00573. The molecule has 1 amide bonds. The lowest BCUT2D eigenvalue weighted by molar-refractivity contribution is -0.115. The predicted octanol–water partition coefficient (Wildman–Crippen LogP) is 2.70. The molecule has 2 aromatic carbocycles. The van der Waals surface area contributed by atoms with Gasteiger partial charge in [0.15, 0.2) is 0 Å². The summed E-state index contributed by atoms with van der Waals surface area (Å²) >= 11 is 0. The fraction of sp³-hybridized carbons (Fsp3) is 0.111. The van der Waals surface area contributed by atoms with Crippen LogP contribution >= 0.6 is 0 Å². The topological polar surface area (TPSA) is 51.1 Å². The van der Waals surface area contributed by atoms with Gasteiger partial charge in [-0.05, 0) is 28.6 Å². The third-order valence-electron chi connectivity index (χ3n) is 4.14. The molecule has 0 saturated carbocycles. The molecule has 4 heteroatoms. The van der Waals surface area contributed by atoms with E-state index in [1.54, 1.807) is 11.6 Å². The smallest absolute Gasteiger partial charge is 0.258 e. The van der Waals surface area contributed by atoms with Crippen LogP contribution in [0.3, 0.4) is 0 Å². The summed E-state index contributed by atoms with van der Waals surface area (Å²) in [5.74, 6) is 0.0254. The molecule has 3 aromatic rings. The Morgan fingerprint density at radius 2 is 1.82 bits per heavy atom. The van der Waals surface area contributed by atoms with Gasteiger partial charge in [0, 0.05) is 29.9 Å².